The van der Waals surface area contributed by atoms with Gasteiger partial charge in [0, 0.05) is 17.7 Å². The number of hydrogen-bond donors (Lipinski definition) is 1. The summed E-state index contributed by atoms with van der Waals surface area (Å²) in [7, 11) is 0. The van der Waals surface area contributed by atoms with Crippen molar-refractivity contribution in [3.63, 3.8) is 0 Å². The van der Waals surface area contributed by atoms with Gasteiger partial charge in [-0.1, -0.05) is 48.5 Å². The molecule has 3 aromatic rings. The SMILES string of the molecule is CCOc1ccccc1CCC(=O)Nc1sc2c(c1C#N)CCC(OC(=O)OCc1ccccc1)C2. The summed E-state index contributed by atoms with van der Waals surface area (Å²) in [5.74, 6) is 0.624. The lowest BCUT2D eigenvalue weighted by molar-refractivity contribution is -0.116. The monoisotopic (exact) mass is 504 g/mol. The van der Waals surface area contributed by atoms with Crippen LogP contribution in [0.25, 0.3) is 0 Å². The number of amides is 1. The van der Waals surface area contributed by atoms with Crippen molar-refractivity contribution in [2.45, 2.75) is 51.7 Å². The van der Waals surface area contributed by atoms with E-state index in [-0.39, 0.29) is 25.0 Å². The topological polar surface area (TPSA) is 97.6 Å². The van der Waals surface area contributed by atoms with E-state index in [4.69, 9.17) is 14.2 Å². The highest BCUT2D eigenvalue weighted by Gasteiger charge is 2.29. The van der Waals surface area contributed by atoms with Crippen LogP contribution in [0.5, 0.6) is 5.75 Å². The number of rotatable bonds is 9. The number of thiophene rings is 1. The molecule has 1 atom stereocenters. The third-order valence-electron chi connectivity index (χ3n) is 5.94. The second-order valence-corrected chi connectivity index (χ2v) is 9.52. The Hall–Kier alpha value is -3.83. The van der Waals surface area contributed by atoms with Crippen molar-refractivity contribution in [1.29, 1.82) is 5.26 Å². The van der Waals surface area contributed by atoms with Gasteiger partial charge in [0.25, 0.3) is 0 Å². The Bertz CT molecular complexity index is 1250. The lowest BCUT2D eigenvalue weighted by atomic mass is 9.94. The van der Waals surface area contributed by atoms with E-state index < -0.39 is 6.16 Å². The maximum atomic E-state index is 12.7. The number of hydrogen-bond acceptors (Lipinski definition) is 7. The minimum Gasteiger partial charge on any atom is -0.494 e. The molecule has 1 heterocycles. The Morgan fingerprint density at radius 3 is 2.69 bits per heavy atom. The molecule has 1 amide bonds. The Labute approximate surface area is 214 Å². The zero-order valence-electron chi connectivity index (χ0n) is 20.1. The van der Waals surface area contributed by atoms with Crippen LogP contribution in [0.1, 0.15) is 46.9 Å². The summed E-state index contributed by atoms with van der Waals surface area (Å²) in [4.78, 5) is 25.8. The number of carbonyl (C=O) groups excluding carboxylic acids is 2. The van der Waals surface area contributed by atoms with Crippen molar-refractivity contribution >= 4 is 28.4 Å². The number of anilines is 1. The fraction of sp³-hybridized carbons (Fsp3) is 0.321. The minimum atomic E-state index is -0.703. The molecule has 0 radical (unpaired) electrons. The van der Waals surface area contributed by atoms with Crippen LogP contribution in [0.2, 0.25) is 0 Å². The maximum Gasteiger partial charge on any atom is 0.508 e. The number of para-hydroxylation sites is 1. The number of nitriles is 1. The van der Waals surface area contributed by atoms with E-state index in [9.17, 15) is 14.9 Å². The summed E-state index contributed by atoms with van der Waals surface area (Å²) in [5.41, 5.74) is 3.29. The van der Waals surface area contributed by atoms with Crippen LogP contribution in [0.3, 0.4) is 0 Å². The van der Waals surface area contributed by atoms with Gasteiger partial charge in [-0.2, -0.15) is 5.26 Å². The highest BCUT2D eigenvalue weighted by Crippen LogP contribution is 2.38. The molecule has 0 bridgehead atoms. The summed E-state index contributed by atoms with van der Waals surface area (Å²) in [6.07, 6.45) is 1.47. The van der Waals surface area contributed by atoms with Crippen molar-refractivity contribution in [2.24, 2.45) is 0 Å². The highest BCUT2D eigenvalue weighted by molar-refractivity contribution is 7.16. The average molecular weight is 505 g/mol. The molecule has 186 valence electrons. The predicted octanol–water partition coefficient (Wildman–Crippen LogP) is 5.80. The van der Waals surface area contributed by atoms with Crippen molar-refractivity contribution in [1.82, 2.24) is 0 Å². The molecular weight excluding hydrogens is 476 g/mol. The van der Waals surface area contributed by atoms with E-state index in [0.717, 1.165) is 27.3 Å². The number of nitrogens with zero attached hydrogens (tertiary/aromatic N) is 1. The Morgan fingerprint density at radius 2 is 1.92 bits per heavy atom. The van der Waals surface area contributed by atoms with Crippen LogP contribution in [-0.2, 0) is 40.1 Å². The molecule has 1 N–H and O–H groups in total. The second-order valence-electron chi connectivity index (χ2n) is 8.42. The molecule has 0 saturated carbocycles. The lowest BCUT2D eigenvalue weighted by Gasteiger charge is -2.22. The summed E-state index contributed by atoms with van der Waals surface area (Å²) < 4.78 is 16.4. The fourth-order valence-electron chi connectivity index (χ4n) is 4.19. The highest BCUT2D eigenvalue weighted by atomic mass is 32.1. The summed E-state index contributed by atoms with van der Waals surface area (Å²) in [6.45, 7) is 2.64. The van der Waals surface area contributed by atoms with Gasteiger partial charge in [0.05, 0.1) is 12.2 Å². The van der Waals surface area contributed by atoms with Crippen LogP contribution in [0.15, 0.2) is 54.6 Å². The number of nitrogens with one attached hydrogen (secondary N) is 1. The van der Waals surface area contributed by atoms with Crippen molar-refractivity contribution in [3.8, 4) is 11.8 Å². The Morgan fingerprint density at radius 1 is 1.14 bits per heavy atom. The molecular formula is C28H28N2O5S. The molecule has 0 fully saturated rings. The lowest BCUT2D eigenvalue weighted by Crippen LogP contribution is -2.25. The van der Waals surface area contributed by atoms with Crippen molar-refractivity contribution < 1.29 is 23.8 Å². The fourth-order valence-corrected chi connectivity index (χ4v) is 5.47. The molecule has 1 aromatic heterocycles. The van der Waals surface area contributed by atoms with Gasteiger partial charge in [-0.3, -0.25) is 4.79 Å². The predicted molar refractivity (Wildman–Crippen MR) is 137 cm³/mol. The molecule has 4 rings (SSSR count). The number of ether oxygens (including phenoxy) is 3. The molecule has 1 aliphatic rings. The van der Waals surface area contributed by atoms with E-state index in [1.807, 2.05) is 61.5 Å². The molecule has 7 nitrogen and oxygen atoms in total. The minimum absolute atomic E-state index is 0.153. The number of benzene rings is 2. The van der Waals surface area contributed by atoms with Crippen LogP contribution in [0, 0.1) is 11.3 Å². The van der Waals surface area contributed by atoms with Gasteiger partial charge in [0.2, 0.25) is 5.91 Å². The number of carbonyl (C=O) groups is 2. The normalized spacial score (nSPS) is 14.3. The zero-order valence-corrected chi connectivity index (χ0v) is 20.9. The average Bonchev–Trinajstić information content (AvgIpc) is 3.23. The maximum absolute atomic E-state index is 12.7. The van der Waals surface area contributed by atoms with Crippen molar-refractivity contribution in [3.05, 3.63) is 81.7 Å². The zero-order chi connectivity index (χ0) is 25.3. The molecule has 2 aromatic carbocycles. The summed E-state index contributed by atoms with van der Waals surface area (Å²) in [6, 6.07) is 19.3. The molecule has 1 aliphatic carbocycles. The van der Waals surface area contributed by atoms with E-state index in [0.29, 0.717) is 42.9 Å². The van der Waals surface area contributed by atoms with Gasteiger partial charge in [-0.15, -0.1) is 11.3 Å². The standard InChI is InChI=1S/C28H28N2O5S/c1-2-33-24-11-7-6-10-20(24)12-15-26(31)30-27-23(17-29)22-14-13-21(16-25(22)36-27)35-28(32)34-18-19-8-4-3-5-9-19/h3-11,21H,2,12-16,18H2,1H3,(H,30,31). The largest absolute Gasteiger partial charge is 0.508 e. The Balaban J connectivity index is 1.33. The van der Waals surface area contributed by atoms with Gasteiger partial charge in [0.1, 0.15) is 29.5 Å². The van der Waals surface area contributed by atoms with Gasteiger partial charge in [-0.25, -0.2) is 4.79 Å². The molecule has 0 aliphatic heterocycles. The quantitative estimate of drug-likeness (QED) is 0.370. The van der Waals surface area contributed by atoms with Crippen LogP contribution in [-0.4, -0.2) is 24.8 Å². The van der Waals surface area contributed by atoms with Crippen LogP contribution in [0.4, 0.5) is 9.80 Å². The third kappa shape index (κ3) is 6.43. The molecule has 0 saturated heterocycles. The molecule has 0 spiro atoms. The molecule has 36 heavy (non-hydrogen) atoms. The summed E-state index contributed by atoms with van der Waals surface area (Å²) in [5, 5.41) is 13.2. The van der Waals surface area contributed by atoms with Crippen LogP contribution < -0.4 is 10.1 Å². The van der Waals surface area contributed by atoms with E-state index in [2.05, 4.69) is 11.4 Å². The number of fused-ring (bicyclic) bond motifs is 1. The summed E-state index contributed by atoms with van der Waals surface area (Å²) >= 11 is 1.38. The third-order valence-corrected chi connectivity index (χ3v) is 7.11. The number of aryl methyl sites for hydroxylation is 1. The van der Waals surface area contributed by atoms with Gasteiger partial charge in [0.15, 0.2) is 0 Å². The van der Waals surface area contributed by atoms with E-state index in [1.54, 1.807) is 0 Å². The second kappa shape index (κ2) is 12.2. The first-order valence-electron chi connectivity index (χ1n) is 12.0. The first-order chi connectivity index (χ1) is 17.6. The molecule has 1 unspecified atom stereocenters. The Kier molecular flexibility index (Phi) is 8.58. The van der Waals surface area contributed by atoms with Crippen molar-refractivity contribution in [2.75, 3.05) is 11.9 Å². The van der Waals surface area contributed by atoms with E-state index in [1.165, 1.54) is 11.3 Å². The van der Waals surface area contributed by atoms with Gasteiger partial charge >= 0.3 is 6.16 Å². The van der Waals surface area contributed by atoms with Gasteiger partial charge in [-0.05, 0) is 48.9 Å². The molecule has 8 heteroatoms. The smallest absolute Gasteiger partial charge is 0.494 e. The van der Waals surface area contributed by atoms with Gasteiger partial charge < -0.3 is 19.5 Å². The van der Waals surface area contributed by atoms with E-state index >= 15 is 0 Å². The first-order valence-corrected chi connectivity index (χ1v) is 12.8. The van der Waals surface area contributed by atoms with Crippen LogP contribution >= 0.6 is 11.3 Å². The first kappa shape index (κ1) is 25.3.